The molecule has 1 unspecified atom stereocenters. The van der Waals surface area contributed by atoms with Crippen LogP contribution >= 0.6 is 35.8 Å². The number of carboxylic acids is 1. The summed E-state index contributed by atoms with van der Waals surface area (Å²) < 4.78 is 0. The van der Waals surface area contributed by atoms with Gasteiger partial charge >= 0.3 is 5.97 Å². The van der Waals surface area contributed by atoms with Gasteiger partial charge in [-0.2, -0.15) is 11.8 Å². The average molecular weight is 295 g/mol. The van der Waals surface area contributed by atoms with Gasteiger partial charge in [0.05, 0.1) is 5.92 Å². The van der Waals surface area contributed by atoms with Crippen LogP contribution in [0.2, 0.25) is 5.02 Å². The molecule has 0 bridgehead atoms. The monoisotopic (exact) mass is 294 g/mol. The molecule has 0 aliphatic rings. The maximum absolute atomic E-state index is 10.6. The van der Waals surface area contributed by atoms with Gasteiger partial charge in [0.25, 0.3) is 0 Å². The lowest BCUT2D eigenvalue weighted by atomic mass is 10.1. The first-order valence-electron chi connectivity index (χ1n) is 5.15. The molecule has 2 nitrogen and oxygen atoms in total. The van der Waals surface area contributed by atoms with E-state index in [9.17, 15) is 4.79 Å². The van der Waals surface area contributed by atoms with Crippen molar-refractivity contribution < 1.29 is 9.90 Å². The summed E-state index contributed by atoms with van der Waals surface area (Å²) in [6, 6.07) is 7.73. The predicted molar refractivity (Wildman–Crippen MR) is 76.3 cm³/mol. The van der Waals surface area contributed by atoms with Crippen molar-refractivity contribution in [3.8, 4) is 0 Å². The van der Waals surface area contributed by atoms with Crippen molar-refractivity contribution in [2.24, 2.45) is 5.92 Å². The second kappa shape index (κ2) is 8.67. The standard InChI is InChI=1S/C12H15ClO2S.ClH/c1-9(12(14)15)6-7-16-8-10-4-2-3-5-11(10)13;/h2-5,9H,6-8H2,1H3,(H,14,15);1H. The molecule has 0 aromatic heterocycles. The van der Waals surface area contributed by atoms with Crippen LogP contribution in [0.3, 0.4) is 0 Å². The Hall–Kier alpha value is -0.380. The number of halogens is 2. The minimum atomic E-state index is -0.724. The molecule has 0 saturated heterocycles. The van der Waals surface area contributed by atoms with Crippen LogP contribution in [0.1, 0.15) is 18.9 Å². The summed E-state index contributed by atoms with van der Waals surface area (Å²) in [5.74, 6) is 0.696. The van der Waals surface area contributed by atoms with E-state index in [-0.39, 0.29) is 18.3 Å². The number of carbonyl (C=O) groups is 1. The Morgan fingerprint density at radius 1 is 1.47 bits per heavy atom. The molecular formula is C12H16Cl2O2S. The molecule has 1 aromatic rings. The van der Waals surface area contributed by atoms with E-state index in [4.69, 9.17) is 16.7 Å². The van der Waals surface area contributed by atoms with Crippen molar-refractivity contribution in [3.05, 3.63) is 34.9 Å². The Morgan fingerprint density at radius 3 is 2.71 bits per heavy atom. The highest BCUT2D eigenvalue weighted by Crippen LogP contribution is 2.21. The normalized spacial score (nSPS) is 11.6. The molecule has 0 aliphatic carbocycles. The zero-order valence-corrected chi connectivity index (χ0v) is 11.9. The van der Waals surface area contributed by atoms with Crippen LogP contribution in [-0.2, 0) is 10.5 Å². The number of hydrogen-bond acceptors (Lipinski definition) is 2. The van der Waals surface area contributed by atoms with Crippen LogP contribution < -0.4 is 0 Å². The molecule has 0 fully saturated rings. The van der Waals surface area contributed by atoms with Crippen LogP contribution in [0, 0.1) is 5.92 Å². The predicted octanol–water partition coefficient (Wildman–Crippen LogP) is 4.11. The number of aliphatic carboxylic acids is 1. The third kappa shape index (κ3) is 6.20. The molecule has 1 rings (SSSR count). The summed E-state index contributed by atoms with van der Waals surface area (Å²) in [4.78, 5) is 10.6. The smallest absolute Gasteiger partial charge is 0.306 e. The van der Waals surface area contributed by atoms with E-state index in [2.05, 4.69) is 0 Å². The number of hydrogen-bond donors (Lipinski definition) is 1. The average Bonchev–Trinajstić information content (AvgIpc) is 2.26. The van der Waals surface area contributed by atoms with Crippen molar-refractivity contribution in [1.82, 2.24) is 0 Å². The molecule has 5 heteroatoms. The Balaban J connectivity index is 0.00000256. The number of rotatable bonds is 6. The molecule has 1 atom stereocenters. The third-order valence-corrected chi connectivity index (χ3v) is 3.74. The Bertz CT molecular complexity index is 358. The first-order valence-corrected chi connectivity index (χ1v) is 6.68. The summed E-state index contributed by atoms with van der Waals surface area (Å²) >= 11 is 7.73. The Labute approximate surface area is 117 Å². The highest BCUT2D eigenvalue weighted by Gasteiger charge is 2.09. The molecule has 1 N–H and O–H groups in total. The molecule has 0 radical (unpaired) electrons. The molecule has 17 heavy (non-hydrogen) atoms. The lowest BCUT2D eigenvalue weighted by Crippen LogP contribution is -2.09. The van der Waals surface area contributed by atoms with Gasteiger partial charge in [0, 0.05) is 10.8 Å². The first-order chi connectivity index (χ1) is 7.61. The lowest BCUT2D eigenvalue weighted by Gasteiger charge is -2.06. The quantitative estimate of drug-likeness (QED) is 0.803. The molecule has 96 valence electrons. The van der Waals surface area contributed by atoms with Gasteiger partial charge in [-0.05, 0) is 23.8 Å². The number of carboxylic acid groups (broad SMARTS) is 1. The second-order valence-corrected chi connectivity index (χ2v) is 5.18. The van der Waals surface area contributed by atoms with Crippen molar-refractivity contribution >= 4 is 41.7 Å². The summed E-state index contributed by atoms with van der Waals surface area (Å²) in [5, 5.41) is 9.49. The highest BCUT2D eigenvalue weighted by molar-refractivity contribution is 7.98. The molecule has 0 amide bonds. The zero-order valence-electron chi connectivity index (χ0n) is 9.56. The fourth-order valence-corrected chi connectivity index (χ4v) is 2.60. The third-order valence-electron chi connectivity index (χ3n) is 2.33. The fraction of sp³-hybridized carbons (Fsp3) is 0.417. The molecule has 0 heterocycles. The Kier molecular flexibility index (Phi) is 8.48. The number of benzene rings is 1. The van der Waals surface area contributed by atoms with E-state index < -0.39 is 5.97 Å². The summed E-state index contributed by atoms with van der Waals surface area (Å²) in [7, 11) is 0. The van der Waals surface area contributed by atoms with Crippen molar-refractivity contribution in [2.45, 2.75) is 19.1 Å². The maximum atomic E-state index is 10.6. The van der Waals surface area contributed by atoms with Crippen molar-refractivity contribution in [1.29, 1.82) is 0 Å². The van der Waals surface area contributed by atoms with Gasteiger partial charge in [-0.1, -0.05) is 36.7 Å². The van der Waals surface area contributed by atoms with E-state index in [1.807, 2.05) is 24.3 Å². The van der Waals surface area contributed by atoms with Gasteiger partial charge in [-0.15, -0.1) is 12.4 Å². The highest BCUT2D eigenvalue weighted by atomic mass is 35.5. The van der Waals surface area contributed by atoms with Crippen LogP contribution in [-0.4, -0.2) is 16.8 Å². The van der Waals surface area contributed by atoms with Gasteiger partial charge in [-0.3, -0.25) is 4.79 Å². The zero-order chi connectivity index (χ0) is 12.0. The minimum absolute atomic E-state index is 0. The number of thioether (sulfide) groups is 1. The Morgan fingerprint density at radius 2 is 2.12 bits per heavy atom. The fourth-order valence-electron chi connectivity index (χ4n) is 1.18. The van der Waals surface area contributed by atoms with Gasteiger partial charge in [0.15, 0.2) is 0 Å². The second-order valence-electron chi connectivity index (χ2n) is 3.67. The van der Waals surface area contributed by atoms with Crippen LogP contribution in [0.5, 0.6) is 0 Å². The topological polar surface area (TPSA) is 37.3 Å². The minimum Gasteiger partial charge on any atom is -0.481 e. The van der Waals surface area contributed by atoms with Gasteiger partial charge in [0.1, 0.15) is 0 Å². The molecule has 0 saturated carbocycles. The van der Waals surface area contributed by atoms with Gasteiger partial charge in [-0.25, -0.2) is 0 Å². The van der Waals surface area contributed by atoms with Gasteiger partial charge in [0.2, 0.25) is 0 Å². The molecule has 0 aliphatic heterocycles. The van der Waals surface area contributed by atoms with Crippen LogP contribution in [0.15, 0.2) is 24.3 Å². The van der Waals surface area contributed by atoms with E-state index in [0.717, 1.165) is 22.1 Å². The van der Waals surface area contributed by atoms with E-state index in [1.54, 1.807) is 18.7 Å². The van der Waals surface area contributed by atoms with Crippen molar-refractivity contribution in [3.63, 3.8) is 0 Å². The molecule has 1 aromatic carbocycles. The first kappa shape index (κ1) is 16.6. The maximum Gasteiger partial charge on any atom is 0.306 e. The summed E-state index contributed by atoms with van der Waals surface area (Å²) in [5.41, 5.74) is 1.11. The van der Waals surface area contributed by atoms with E-state index in [1.165, 1.54) is 0 Å². The summed E-state index contributed by atoms with van der Waals surface area (Å²) in [6.07, 6.45) is 0.699. The van der Waals surface area contributed by atoms with Crippen molar-refractivity contribution in [2.75, 3.05) is 5.75 Å². The van der Waals surface area contributed by atoms with Crippen LogP contribution in [0.25, 0.3) is 0 Å². The lowest BCUT2D eigenvalue weighted by molar-refractivity contribution is -0.141. The van der Waals surface area contributed by atoms with E-state index >= 15 is 0 Å². The largest absolute Gasteiger partial charge is 0.481 e. The van der Waals surface area contributed by atoms with Crippen LogP contribution in [0.4, 0.5) is 0 Å². The summed E-state index contributed by atoms with van der Waals surface area (Å²) in [6.45, 7) is 1.73. The van der Waals surface area contributed by atoms with E-state index in [0.29, 0.717) is 6.42 Å². The SMILES string of the molecule is CC(CCSCc1ccccc1Cl)C(=O)O.Cl. The molecule has 0 spiro atoms. The van der Waals surface area contributed by atoms with Gasteiger partial charge < -0.3 is 5.11 Å². The molecular weight excluding hydrogens is 279 g/mol.